The van der Waals surface area contributed by atoms with E-state index in [4.69, 9.17) is 0 Å². The summed E-state index contributed by atoms with van der Waals surface area (Å²) in [4.78, 5) is 22.3. The molecule has 0 unspecified atom stereocenters. The van der Waals surface area contributed by atoms with Gasteiger partial charge in [-0.3, -0.25) is 9.78 Å². The number of aromatic nitrogens is 3. The number of imidazole rings is 1. The van der Waals surface area contributed by atoms with Gasteiger partial charge in [-0.05, 0) is 25.0 Å². The molecule has 0 aromatic carbocycles. The molecule has 1 amide bonds. The van der Waals surface area contributed by atoms with Crippen molar-refractivity contribution in [3.05, 3.63) is 48.3 Å². The van der Waals surface area contributed by atoms with Crippen LogP contribution in [0.1, 0.15) is 43.1 Å². The first kappa shape index (κ1) is 18.4. The Morgan fingerprint density at radius 1 is 1.15 bits per heavy atom. The maximum Gasteiger partial charge on any atom is 0.389 e. The Bertz CT molecular complexity index is 722. The Morgan fingerprint density at radius 3 is 2.58 bits per heavy atom. The molecule has 3 heterocycles. The molecule has 0 bridgehead atoms. The van der Waals surface area contributed by atoms with Crippen LogP contribution in [0.5, 0.6) is 0 Å². The van der Waals surface area contributed by atoms with Crippen molar-refractivity contribution in [2.24, 2.45) is 0 Å². The van der Waals surface area contributed by atoms with Crippen molar-refractivity contribution in [2.45, 2.75) is 44.3 Å². The van der Waals surface area contributed by atoms with Crippen molar-refractivity contribution in [2.75, 3.05) is 13.1 Å². The number of carbonyl (C=O) groups excluding carboxylic acids is 1. The second-order valence-corrected chi connectivity index (χ2v) is 6.50. The summed E-state index contributed by atoms with van der Waals surface area (Å²) in [6.45, 7) is 1.57. The van der Waals surface area contributed by atoms with E-state index in [-0.39, 0.29) is 5.92 Å². The minimum absolute atomic E-state index is 0.195. The maximum absolute atomic E-state index is 12.3. The molecule has 0 atom stereocenters. The Labute approximate surface area is 149 Å². The number of amides is 1. The van der Waals surface area contributed by atoms with Gasteiger partial charge in [-0.2, -0.15) is 13.2 Å². The molecule has 3 rings (SSSR count). The van der Waals surface area contributed by atoms with Crippen LogP contribution in [-0.2, 0) is 11.3 Å². The highest BCUT2D eigenvalue weighted by Crippen LogP contribution is 2.28. The lowest BCUT2D eigenvalue weighted by Gasteiger charge is -2.32. The Balaban J connectivity index is 1.56. The first-order valence-electron chi connectivity index (χ1n) is 8.68. The number of nitrogens with zero attached hydrogens (tertiary/aromatic N) is 4. The van der Waals surface area contributed by atoms with Crippen molar-refractivity contribution in [3.8, 4) is 0 Å². The zero-order valence-electron chi connectivity index (χ0n) is 14.3. The van der Waals surface area contributed by atoms with Crippen molar-refractivity contribution in [1.29, 1.82) is 0 Å². The lowest BCUT2D eigenvalue weighted by Crippen LogP contribution is -2.38. The number of alkyl halides is 3. The van der Waals surface area contributed by atoms with E-state index in [9.17, 15) is 18.0 Å². The first-order valence-corrected chi connectivity index (χ1v) is 8.68. The number of hydrogen-bond donors (Lipinski definition) is 0. The van der Waals surface area contributed by atoms with E-state index >= 15 is 0 Å². The van der Waals surface area contributed by atoms with Crippen molar-refractivity contribution >= 4 is 5.91 Å². The summed E-state index contributed by atoms with van der Waals surface area (Å²) in [5.74, 6) is 0.719. The monoisotopic (exact) mass is 366 g/mol. The third-order valence-electron chi connectivity index (χ3n) is 4.64. The summed E-state index contributed by atoms with van der Waals surface area (Å²) in [5.41, 5.74) is 0.937. The lowest BCUT2D eigenvalue weighted by atomic mass is 9.95. The Hall–Kier alpha value is -2.38. The summed E-state index contributed by atoms with van der Waals surface area (Å²) < 4.78 is 38.9. The SMILES string of the molecule is O=C(CCC(F)(F)F)N1CCC(c2nccn2Cc2ccccn2)CC1. The highest BCUT2D eigenvalue weighted by molar-refractivity contribution is 5.76. The van der Waals surface area contributed by atoms with Gasteiger partial charge in [0.15, 0.2) is 0 Å². The van der Waals surface area contributed by atoms with Crippen LogP contribution in [0.15, 0.2) is 36.8 Å². The molecule has 2 aromatic heterocycles. The van der Waals surface area contributed by atoms with Crippen LogP contribution in [0.3, 0.4) is 0 Å². The lowest BCUT2D eigenvalue weighted by molar-refractivity contribution is -0.149. The van der Waals surface area contributed by atoms with E-state index in [0.29, 0.717) is 32.5 Å². The molecular weight excluding hydrogens is 345 g/mol. The number of piperidine rings is 1. The predicted octanol–water partition coefficient (Wildman–Crippen LogP) is 3.37. The van der Waals surface area contributed by atoms with E-state index in [1.54, 1.807) is 12.4 Å². The molecule has 1 aliphatic heterocycles. The van der Waals surface area contributed by atoms with E-state index in [2.05, 4.69) is 9.97 Å². The third kappa shape index (κ3) is 4.83. The predicted molar refractivity (Wildman–Crippen MR) is 89.4 cm³/mol. The van der Waals surface area contributed by atoms with Crippen LogP contribution in [-0.4, -0.2) is 44.6 Å². The van der Waals surface area contributed by atoms with Gasteiger partial charge in [0.25, 0.3) is 0 Å². The van der Waals surface area contributed by atoms with Gasteiger partial charge >= 0.3 is 6.18 Å². The summed E-state index contributed by atoms with van der Waals surface area (Å²) in [5, 5.41) is 0. The largest absolute Gasteiger partial charge is 0.389 e. The van der Waals surface area contributed by atoms with Crippen molar-refractivity contribution in [1.82, 2.24) is 19.4 Å². The average Bonchev–Trinajstić information content (AvgIpc) is 3.08. The van der Waals surface area contributed by atoms with Gasteiger partial charge in [0.1, 0.15) is 5.82 Å². The molecular formula is C18H21F3N4O. The van der Waals surface area contributed by atoms with E-state index in [0.717, 1.165) is 11.5 Å². The zero-order valence-corrected chi connectivity index (χ0v) is 14.3. The number of hydrogen-bond acceptors (Lipinski definition) is 3. The second-order valence-electron chi connectivity index (χ2n) is 6.50. The highest BCUT2D eigenvalue weighted by atomic mass is 19.4. The summed E-state index contributed by atoms with van der Waals surface area (Å²) in [7, 11) is 0. The second kappa shape index (κ2) is 7.88. The van der Waals surface area contributed by atoms with E-state index in [1.165, 1.54) is 4.90 Å². The van der Waals surface area contributed by atoms with E-state index < -0.39 is 24.9 Å². The van der Waals surface area contributed by atoms with E-state index in [1.807, 2.05) is 29.0 Å². The van der Waals surface area contributed by atoms with Gasteiger partial charge in [0.2, 0.25) is 5.91 Å². The summed E-state index contributed by atoms with van der Waals surface area (Å²) in [6, 6.07) is 5.75. The van der Waals surface area contributed by atoms with Crippen LogP contribution in [0.25, 0.3) is 0 Å². The number of pyridine rings is 1. The molecule has 26 heavy (non-hydrogen) atoms. The zero-order chi connectivity index (χ0) is 18.6. The number of halogens is 3. The first-order chi connectivity index (χ1) is 12.4. The maximum atomic E-state index is 12.3. The van der Waals surface area contributed by atoms with Crippen LogP contribution in [0.4, 0.5) is 13.2 Å². The van der Waals surface area contributed by atoms with Crippen LogP contribution < -0.4 is 0 Å². The Kier molecular flexibility index (Phi) is 5.58. The molecule has 5 nitrogen and oxygen atoms in total. The van der Waals surface area contributed by atoms with Gasteiger partial charge in [0.05, 0.1) is 18.7 Å². The van der Waals surface area contributed by atoms with Gasteiger partial charge < -0.3 is 9.47 Å². The molecule has 1 saturated heterocycles. The minimum Gasteiger partial charge on any atom is -0.343 e. The number of carbonyl (C=O) groups is 1. The smallest absolute Gasteiger partial charge is 0.343 e. The fourth-order valence-electron chi connectivity index (χ4n) is 3.27. The van der Waals surface area contributed by atoms with Crippen molar-refractivity contribution < 1.29 is 18.0 Å². The molecule has 140 valence electrons. The quantitative estimate of drug-likeness (QED) is 0.815. The highest BCUT2D eigenvalue weighted by Gasteiger charge is 2.31. The molecule has 0 saturated carbocycles. The van der Waals surface area contributed by atoms with Gasteiger partial charge in [-0.25, -0.2) is 4.98 Å². The van der Waals surface area contributed by atoms with Crippen molar-refractivity contribution in [3.63, 3.8) is 0 Å². The summed E-state index contributed by atoms with van der Waals surface area (Å²) in [6.07, 6.45) is 1.00. The molecule has 0 spiro atoms. The number of rotatable bonds is 5. The summed E-state index contributed by atoms with van der Waals surface area (Å²) >= 11 is 0. The van der Waals surface area contributed by atoms with Gasteiger partial charge in [-0.1, -0.05) is 6.07 Å². The van der Waals surface area contributed by atoms with Gasteiger partial charge in [-0.15, -0.1) is 0 Å². The topological polar surface area (TPSA) is 51.0 Å². The standard InChI is InChI=1S/C18H21F3N4O/c19-18(20,21)7-4-16(26)24-10-5-14(6-11-24)17-23-9-12-25(17)13-15-3-1-2-8-22-15/h1-3,8-9,12,14H,4-7,10-11,13H2. The Morgan fingerprint density at radius 2 is 1.92 bits per heavy atom. The molecule has 2 aromatic rings. The van der Waals surface area contributed by atoms with Gasteiger partial charge in [0, 0.05) is 44.0 Å². The minimum atomic E-state index is -4.29. The fraction of sp³-hybridized carbons (Fsp3) is 0.500. The molecule has 8 heteroatoms. The van der Waals surface area contributed by atoms with Crippen LogP contribution >= 0.6 is 0 Å². The van der Waals surface area contributed by atoms with Crippen LogP contribution in [0, 0.1) is 0 Å². The average molecular weight is 366 g/mol. The number of likely N-dealkylation sites (tertiary alicyclic amines) is 1. The molecule has 1 fully saturated rings. The molecule has 0 aliphatic carbocycles. The molecule has 1 aliphatic rings. The third-order valence-corrected chi connectivity index (χ3v) is 4.64. The fourth-order valence-corrected chi connectivity index (χ4v) is 3.27. The molecule has 0 radical (unpaired) electrons. The van der Waals surface area contributed by atoms with Crippen LogP contribution in [0.2, 0.25) is 0 Å². The normalized spacial score (nSPS) is 16.0. The molecule has 0 N–H and O–H groups in total.